The number of morpholine rings is 2. The number of aliphatic imine (C=N–C) groups is 2. The summed E-state index contributed by atoms with van der Waals surface area (Å²) in [5.74, 6) is -0.185. The number of methoxy groups -OCH3 is 1. The topological polar surface area (TPSA) is 102 Å². The molecule has 3 aliphatic rings. The number of benzene rings is 2. The highest BCUT2D eigenvalue weighted by Gasteiger charge is 2.44. The van der Waals surface area contributed by atoms with Crippen molar-refractivity contribution in [3.63, 3.8) is 0 Å². The zero-order valence-electron chi connectivity index (χ0n) is 21.8. The third-order valence-electron chi connectivity index (χ3n) is 6.81. The predicted molar refractivity (Wildman–Crippen MR) is 149 cm³/mol. The summed E-state index contributed by atoms with van der Waals surface area (Å²) in [6.45, 7) is 3.64. The third-order valence-corrected chi connectivity index (χ3v) is 9.70. The number of rotatable bonds is 7. The van der Waals surface area contributed by atoms with Gasteiger partial charge in [0, 0.05) is 48.7 Å². The normalized spacial score (nSPS) is 20.8. The second kappa shape index (κ2) is 12.7. The van der Waals surface area contributed by atoms with E-state index >= 15 is 0 Å². The number of nitrogens with zero attached hydrogens (tertiary/aromatic N) is 4. The molecule has 0 aromatic heterocycles. The van der Waals surface area contributed by atoms with Gasteiger partial charge in [-0.2, -0.15) is 0 Å². The quantitative estimate of drug-likeness (QED) is 0.356. The molecule has 2 saturated heterocycles. The predicted octanol–water partition coefficient (Wildman–Crippen LogP) is 4.33. The first-order valence-corrected chi connectivity index (χ1v) is 14.9. The second-order valence-corrected chi connectivity index (χ2v) is 12.0. The van der Waals surface area contributed by atoms with Crippen molar-refractivity contribution < 1.29 is 28.1 Å². The van der Waals surface area contributed by atoms with Crippen LogP contribution in [0.2, 0.25) is 5.02 Å². The molecule has 10 nitrogen and oxygen atoms in total. The van der Waals surface area contributed by atoms with E-state index < -0.39 is 13.7 Å². The van der Waals surface area contributed by atoms with Gasteiger partial charge in [-0.15, -0.1) is 0 Å². The molecule has 0 spiro atoms. The summed E-state index contributed by atoms with van der Waals surface area (Å²) in [5, 5.41) is 0.537. The second-order valence-electron chi connectivity index (χ2n) is 9.30. The van der Waals surface area contributed by atoms with Gasteiger partial charge in [0.1, 0.15) is 6.04 Å². The molecule has 39 heavy (non-hydrogen) atoms. The van der Waals surface area contributed by atoms with Gasteiger partial charge < -0.3 is 18.7 Å². The van der Waals surface area contributed by atoms with Gasteiger partial charge in [-0.05, 0) is 24.6 Å². The van der Waals surface area contributed by atoms with Crippen molar-refractivity contribution in [3.05, 3.63) is 64.7 Å². The van der Waals surface area contributed by atoms with Gasteiger partial charge in [0.25, 0.3) is 0 Å². The number of carbonyl (C=O) groups excluding carboxylic acids is 1. The summed E-state index contributed by atoms with van der Waals surface area (Å²) in [6, 6.07) is 14.4. The average Bonchev–Trinajstić information content (AvgIpc) is 3.13. The number of halogens is 1. The van der Waals surface area contributed by atoms with Crippen LogP contribution in [0.4, 0.5) is 5.69 Å². The van der Waals surface area contributed by atoms with Gasteiger partial charge in [0.05, 0.1) is 44.9 Å². The Hall–Kier alpha value is -2.59. The molecule has 5 rings (SSSR count). The number of carbonyl (C=O) groups is 1. The highest BCUT2D eigenvalue weighted by Crippen LogP contribution is 2.55. The molecular weight excluding hydrogens is 543 g/mol. The lowest BCUT2D eigenvalue weighted by molar-refractivity contribution is -0.140. The lowest BCUT2D eigenvalue weighted by Gasteiger charge is -2.41. The molecule has 3 aliphatic heterocycles. The van der Waals surface area contributed by atoms with Gasteiger partial charge in [-0.1, -0.05) is 41.9 Å². The van der Waals surface area contributed by atoms with Crippen molar-refractivity contribution in [3.8, 4) is 0 Å². The molecule has 2 aromatic rings. The Morgan fingerprint density at radius 2 is 1.67 bits per heavy atom. The van der Waals surface area contributed by atoms with Crippen LogP contribution >= 0.6 is 19.3 Å². The van der Waals surface area contributed by atoms with Crippen LogP contribution in [0.1, 0.15) is 24.0 Å². The van der Waals surface area contributed by atoms with Crippen molar-refractivity contribution in [2.45, 2.75) is 18.9 Å². The largest absolute Gasteiger partial charge is 0.469 e. The minimum absolute atomic E-state index is 0.0889. The average molecular weight is 575 g/mol. The van der Waals surface area contributed by atoms with Crippen molar-refractivity contribution in [2.24, 2.45) is 9.98 Å². The monoisotopic (exact) mass is 574 g/mol. The van der Waals surface area contributed by atoms with E-state index in [-0.39, 0.29) is 24.7 Å². The maximum atomic E-state index is 14.8. The molecule has 208 valence electrons. The van der Waals surface area contributed by atoms with Gasteiger partial charge >= 0.3 is 13.6 Å². The minimum Gasteiger partial charge on any atom is -0.469 e. The third kappa shape index (κ3) is 6.43. The molecule has 3 heterocycles. The van der Waals surface area contributed by atoms with E-state index in [1.54, 1.807) is 12.1 Å². The number of hydrogen-bond acceptors (Lipinski definition) is 8. The standard InChI is InChI=1S/C27H32ClN4O6P/c1-35-25(33)10-9-24-27(38-39(34,31-11-15-36-16-12-31)32-13-17-37-18-14-32)30-23-8-7-21(28)19-22(23)26(29-24)20-5-3-2-4-6-20/h2-8,19,24H,9-18H2,1H3. The Morgan fingerprint density at radius 3 is 2.28 bits per heavy atom. The lowest BCUT2D eigenvalue weighted by atomic mass is 10.0. The summed E-state index contributed by atoms with van der Waals surface area (Å²) in [5.41, 5.74) is 2.85. The van der Waals surface area contributed by atoms with Crippen molar-refractivity contribution in [2.75, 3.05) is 59.7 Å². The molecular formula is C27H32ClN4O6P. The molecule has 0 bridgehead atoms. The van der Waals surface area contributed by atoms with Gasteiger partial charge in [0.15, 0.2) is 0 Å². The number of fused-ring (bicyclic) bond motifs is 1. The van der Waals surface area contributed by atoms with Crippen molar-refractivity contribution >= 4 is 42.5 Å². The Labute approximate surface area is 233 Å². The Bertz CT molecular complexity index is 1260. The van der Waals surface area contributed by atoms with Crippen molar-refractivity contribution in [1.82, 2.24) is 9.34 Å². The van der Waals surface area contributed by atoms with Crippen LogP contribution in [-0.2, 0) is 28.1 Å². The highest BCUT2D eigenvalue weighted by molar-refractivity contribution is 7.54. The highest BCUT2D eigenvalue weighted by atomic mass is 35.5. The number of hydrogen-bond donors (Lipinski definition) is 0. The Morgan fingerprint density at radius 1 is 1.03 bits per heavy atom. The molecule has 1 unspecified atom stereocenters. The van der Waals surface area contributed by atoms with Crippen LogP contribution in [0.15, 0.2) is 58.5 Å². The van der Waals surface area contributed by atoms with E-state index in [1.807, 2.05) is 45.7 Å². The summed E-state index contributed by atoms with van der Waals surface area (Å²) in [4.78, 5) is 22.1. The molecule has 0 N–H and O–H groups in total. The fourth-order valence-electron chi connectivity index (χ4n) is 4.75. The van der Waals surface area contributed by atoms with Gasteiger partial charge in [0.2, 0.25) is 5.90 Å². The first kappa shape index (κ1) is 28.0. The van der Waals surface area contributed by atoms with Gasteiger partial charge in [-0.25, -0.2) is 18.9 Å². The molecule has 0 saturated carbocycles. The van der Waals surface area contributed by atoms with E-state index in [0.717, 1.165) is 11.1 Å². The molecule has 0 radical (unpaired) electrons. The van der Waals surface area contributed by atoms with E-state index in [1.165, 1.54) is 7.11 Å². The smallest absolute Gasteiger partial charge is 0.397 e. The molecule has 12 heteroatoms. The summed E-state index contributed by atoms with van der Waals surface area (Å²) in [6.07, 6.45) is 0.349. The summed E-state index contributed by atoms with van der Waals surface area (Å²) in [7, 11) is -2.25. The first-order chi connectivity index (χ1) is 19.0. The Kier molecular flexibility index (Phi) is 9.12. The van der Waals surface area contributed by atoms with E-state index in [2.05, 4.69) is 0 Å². The van der Waals surface area contributed by atoms with Gasteiger partial charge in [-0.3, -0.25) is 9.79 Å². The zero-order valence-corrected chi connectivity index (χ0v) is 23.5. The molecule has 2 fully saturated rings. The van der Waals surface area contributed by atoms with Crippen LogP contribution in [-0.4, -0.2) is 92.7 Å². The molecule has 2 aromatic carbocycles. The maximum Gasteiger partial charge on any atom is 0.397 e. The first-order valence-electron chi connectivity index (χ1n) is 13.0. The van der Waals surface area contributed by atoms with Crippen LogP contribution in [0.3, 0.4) is 0 Å². The summed E-state index contributed by atoms with van der Waals surface area (Å²) >= 11 is 6.41. The lowest BCUT2D eigenvalue weighted by Crippen LogP contribution is -2.44. The molecule has 0 amide bonds. The van der Waals surface area contributed by atoms with E-state index in [9.17, 15) is 9.36 Å². The number of esters is 1. The SMILES string of the molecule is COC(=O)CCC1N=C(c2ccccc2)c2cc(Cl)ccc2N=C1OP(=O)(N1CCOCC1)N1CCOCC1. The fourth-order valence-corrected chi connectivity index (χ4v) is 7.25. The van der Waals surface area contributed by atoms with Crippen LogP contribution < -0.4 is 0 Å². The molecule has 1 atom stereocenters. The minimum atomic E-state index is -3.60. The Balaban J connectivity index is 1.61. The number of ether oxygens (including phenoxy) is 3. The maximum absolute atomic E-state index is 14.8. The van der Waals surface area contributed by atoms with E-state index in [4.69, 9.17) is 40.3 Å². The molecule has 0 aliphatic carbocycles. The van der Waals surface area contributed by atoms with Crippen LogP contribution in [0.25, 0.3) is 0 Å². The van der Waals surface area contributed by atoms with Crippen LogP contribution in [0, 0.1) is 0 Å². The van der Waals surface area contributed by atoms with Crippen molar-refractivity contribution in [1.29, 1.82) is 0 Å². The fraction of sp³-hybridized carbons (Fsp3) is 0.444. The summed E-state index contributed by atoms with van der Waals surface area (Å²) < 4.78 is 41.0. The van der Waals surface area contributed by atoms with E-state index in [0.29, 0.717) is 69.0 Å². The zero-order chi connectivity index (χ0) is 27.2. The van der Waals surface area contributed by atoms with Crippen LogP contribution in [0.5, 0.6) is 0 Å².